The van der Waals surface area contributed by atoms with Gasteiger partial charge in [-0.2, -0.15) is 5.26 Å². The maximum atomic E-state index is 12.5. The highest BCUT2D eigenvalue weighted by Crippen LogP contribution is 2.17. The Labute approximate surface area is 125 Å². The highest BCUT2D eigenvalue weighted by atomic mass is 79.9. The number of rotatable bonds is 4. The predicted molar refractivity (Wildman–Crippen MR) is 80.3 cm³/mol. The molecule has 1 aromatic heterocycles. The number of aromatic nitrogens is 1. The van der Waals surface area contributed by atoms with Crippen molar-refractivity contribution in [3.63, 3.8) is 0 Å². The van der Waals surface area contributed by atoms with Crippen LogP contribution in [0.5, 0.6) is 0 Å². The number of para-hydroxylation sites is 1. The number of carbonyl (C=O) groups excluding carboxylic acids is 1. The third-order valence-corrected chi connectivity index (χ3v) is 3.14. The second-order valence-electron chi connectivity index (χ2n) is 4.05. The third-order valence-electron chi connectivity index (χ3n) is 2.69. The van der Waals surface area contributed by atoms with Crippen LogP contribution in [-0.4, -0.2) is 17.4 Å². The molecule has 20 heavy (non-hydrogen) atoms. The van der Waals surface area contributed by atoms with E-state index in [-0.39, 0.29) is 12.3 Å². The van der Waals surface area contributed by atoms with Gasteiger partial charge in [-0.3, -0.25) is 4.79 Å². The van der Waals surface area contributed by atoms with E-state index < -0.39 is 0 Å². The van der Waals surface area contributed by atoms with E-state index in [1.807, 2.05) is 30.3 Å². The van der Waals surface area contributed by atoms with Crippen LogP contribution in [-0.2, 0) is 0 Å². The van der Waals surface area contributed by atoms with E-state index in [1.54, 1.807) is 23.1 Å². The topological polar surface area (TPSA) is 57.0 Å². The summed E-state index contributed by atoms with van der Waals surface area (Å²) < 4.78 is 0.608. The molecule has 2 rings (SSSR count). The Morgan fingerprint density at radius 2 is 1.95 bits per heavy atom. The SMILES string of the molecule is N#CCCN(C(=O)c1cccc(Br)n1)c1ccccc1. The lowest BCUT2D eigenvalue weighted by Crippen LogP contribution is -2.32. The molecule has 0 spiro atoms. The van der Waals surface area contributed by atoms with Gasteiger partial charge in [0.05, 0.1) is 12.5 Å². The highest BCUT2D eigenvalue weighted by Gasteiger charge is 2.18. The van der Waals surface area contributed by atoms with Gasteiger partial charge in [-0.05, 0) is 40.2 Å². The number of nitrogens with zero attached hydrogens (tertiary/aromatic N) is 3. The van der Waals surface area contributed by atoms with E-state index in [2.05, 4.69) is 27.0 Å². The minimum atomic E-state index is -0.215. The Balaban J connectivity index is 2.32. The zero-order chi connectivity index (χ0) is 14.4. The second-order valence-corrected chi connectivity index (χ2v) is 4.86. The molecule has 0 atom stereocenters. The van der Waals surface area contributed by atoms with Crippen molar-refractivity contribution < 1.29 is 4.79 Å². The van der Waals surface area contributed by atoms with Crippen molar-refractivity contribution in [1.29, 1.82) is 5.26 Å². The summed E-state index contributed by atoms with van der Waals surface area (Å²) in [4.78, 5) is 18.3. The Bertz CT molecular complexity index is 637. The predicted octanol–water partition coefficient (Wildman–Crippen LogP) is 3.40. The minimum Gasteiger partial charge on any atom is -0.306 e. The van der Waals surface area contributed by atoms with E-state index in [0.29, 0.717) is 16.8 Å². The molecule has 0 saturated heterocycles. The number of benzene rings is 1. The fourth-order valence-electron chi connectivity index (χ4n) is 1.78. The normalized spacial score (nSPS) is 9.80. The molecule has 0 unspecified atom stereocenters. The molecule has 1 aromatic carbocycles. The fraction of sp³-hybridized carbons (Fsp3) is 0.133. The van der Waals surface area contributed by atoms with Gasteiger partial charge < -0.3 is 4.90 Å². The number of hydrogen-bond donors (Lipinski definition) is 0. The number of hydrogen-bond acceptors (Lipinski definition) is 3. The van der Waals surface area contributed by atoms with Crippen molar-refractivity contribution in [2.24, 2.45) is 0 Å². The molecular formula is C15H12BrN3O. The van der Waals surface area contributed by atoms with Gasteiger partial charge in [0.2, 0.25) is 0 Å². The Morgan fingerprint density at radius 1 is 1.20 bits per heavy atom. The number of anilines is 1. The van der Waals surface area contributed by atoms with E-state index >= 15 is 0 Å². The molecule has 0 radical (unpaired) electrons. The van der Waals surface area contributed by atoms with Crippen LogP contribution in [0.3, 0.4) is 0 Å². The van der Waals surface area contributed by atoms with Crippen molar-refractivity contribution in [3.05, 3.63) is 58.8 Å². The smallest absolute Gasteiger partial charge is 0.276 e. The maximum absolute atomic E-state index is 12.5. The van der Waals surface area contributed by atoms with E-state index in [4.69, 9.17) is 5.26 Å². The van der Waals surface area contributed by atoms with Crippen LogP contribution in [0.4, 0.5) is 5.69 Å². The first kappa shape index (κ1) is 14.2. The van der Waals surface area contributed by atoms with E-state index in [0.717, 1.165) is 5.69 Å². The Hall–Kier alpha value is -2.19. The van der Waals surface area contributed by atoms with Gasteiger partial charge in [0, 0.05) is 12.2 Å². The monoisotopic (exact) mass is 329 g/mol. The van der Waals surface area contributed by atoms with Gasteiger partial charge in [0.15, 0.2) is 0 Å². The third kappa shape index (κ3) is 3.43. The average Bonchev–Trinajstić information content (AvgIpc) is 2.48. The molecule has 0 N–H and O–H groups in total. The number of nitriles is 1. The van der Waals surface area contributed by atoms with Crippen LogP contribution in [0.25, 0.3) is 0 Å². The first-order valence-electron chi connectivity index (χ1n) is 6.09. The highest BCUT2D eigenvalue weighted by molar-refractivity contribution is 9.10. The molecule has 100 valence electrons. The summed E-state index contributed by atoms with van der Waals surface area (Å²) in [6, 6.07) is 16.5. The second kappa shape index (κ2) is 6.83. The van der Waals surface area contributed by atoms with Gasteiger partial charge >= 0.3 is 0 Å². The van der Waals surface area contributed by atoms with Gasteiger partial charge in [-0.1, -0.05) is 24.3 Å². The number of carbonyl (C=O) groups is 1. The lowest BCUT2D eigenvalue weighted by Gasteiger charge is -2.21. The van der Waals surface area contributed by atoms with Gasteiger partial charge in [-0.15, -0.1) is 0 Å². The van der Waals surface area contributed by atoms with Gasteiger partial charge in [-0.25, -0.2) is 4.98 Å². The lowest BCUT2D eigenvalue weighted by molar-refractivity contribution is 0.0982. The summed E-state index contributed by atoms with van der Waals surface area (Å²) in [5.74, 6) is -0.215. The van der Waals surface area contributed by atoms with Crippen molar-refractivity contribution in [2.45, 2.75) is 6.42 Å². The Morgan fingerprint density at radius 3 is 2.60 bits per heavy atom. The van der Waals surface area contributed by atoms with Crippen molar-refractivity contribution in [1.82, 2.24) is 4.98 Å². The summed E-state index contributed by atoms with van der Waals surface area (Å²) in [5, 5.41) is 8.75. The molecule has 0 saturated carbocycles. The molecule has 4 nitrogen and oxygen atoms in total. The van der Waals surface area contributed by atoms with Crippen LogP contribution in [0.2, 0.25) is 0 Å². The largest absolute Gasteiger partial charge is 0.306 e. The zero-order valence-corrected chi connectivity index (χ0v) is 12.2. The first-order valence-corrected chi connectivity index (χ1v) is 6.88. The van der Waals surface area contributed by atoms with Crippen molar-refractivity contribution in [2.75, 3.05) is 11.4 Å². The summed E-state index contributed by atoms with van der Waals surface area (Å²) in [7, 11) is 0. The molecule has 0 aliphatic rings. The van der Waals surface area contributed by atoms with E-state index in [1.165, 1.54) is 0 Å². The Kier molecular flexibility index (Phi) is 4.85. The molecule has 5 heteroatoms. The van der Waals surface area contributed by atoms with Crippen LogP contribution in [0.1, 0.15) is 16.9 Å². The molecule has 0 aliphatic heterocycles. The molecule has 1 amide bonds. The summed E-state index contributed by atoms with van der Waals surface area (Å²) in [6.45, 7) is 0.341. The molecule has 2 aromatic rings. The maximum Gasteiger partial charge on any atom is 0.276 e. The zero-order valence-electron chi connectivity index (χ0n) is 10.7. The molecule has 0 aliphatic carbocycles. The number of halogens is 1. The summed E-state index contributed by atoms with van der Waals surface area (Å²) in [5.41, 5.74) is 1.11. The summed E-state index contributed by atoms with van der Waals surface area (Å²) in [6.07, 6.45) is 0.272. The van der Waals surface area contributed by atoms with Crippen molar-refractivity contribution in [3.8, 4) is 6.07 Å². The van der Waals surface area contributed by atoms with Crippen LogP contribution < -0.4 is 4.90 Å². The first-order chi connectivity index (χ1) is 9.72. The van der Waals surface area contributed by atoms with Crippen LogP contribution in [0.15, 0.2) is 53.1 Å². The average molecular weight is 330 g/mol. The van der Waals surface area contributed by atoms with E-state index in [9.17, 15) is 4.79 Å². The molecule has 1 heterocycles. The van der Waals surface area contributed by atoms with Crippen LogP contribution >= 0.6 is 15.9 Å². The lowest BCUT2D eigenvalue weighted by atomic mass is 10.2. The van der Waals surface area contributed by atoms with Crippen molar-refractivity contribution >= 4 is 27.5 Å². The standard InChI is InChI=1S/C15H12BrN3O/c16-14-9-4-8-13(18-14)15(20)19(11-5-10-17)12-6-2-1-3-7-12/h1-4,6-9H,5,11H2. The van der Waals surface area contributed by atoms with Gasteiger partial charge in [0.25, 0.3) is 5.91 Å². The minimum absolute atomic E-state index is 0.215. The number of amides is 1. The summed E-state index contributed by atoms with van der Waals surface area (Å²) >= 11 is 3.25. The molecule has 0 bridgehead atoms. The van der Waals surface area contributed by atoms with Crippen LogP contribution in [0, 0.1) is 11.3 Å². The molecule has 0 fully saturated rings. The quantitative estimate of drug-likeness (QED) is 0.807. The molecular weight excluding hydrogens is 318 g/mol. The number of pyridine rings is 1. The fourth-order valence-corrected chi connectivity index (χ4v) is 2.13. The van der Waals surface area contributed by atoms with Gasteiger partial charge in [0.1, 0.15) is 10.3 Å².